The molecule has 20 heteroatoms. The number of aliphatic hydroxyl groups is 1. The molecule has 1 rings (SSSR count). The number of nitrogens with two attached hydrogens (primary N) is 5. The molecular formula is C34H59N11O9. The molecule has 6 amide bonds. The van der Waals surface area contributed by atoms with Gasteiger partial charge in [-0.2, -0.15) is 0 Å². The van der Waals surface area contributed by atoms with Gasteiger partial charge in [-0.1, -0.05) is 44.2 Å². The molecule has 0 aliphatic carbocycles. The lowest BCUT2D eigenvalue weighted by Gasteiger charge is -2.28. The second-order valence-corrected chi connectivity index (χ2v) is 13.1. The smallest absolute Gasteiger partial charge is 0.328 e. The number of nitrogens with one attached hydrogen (secondary N) is 6. The molecule has 20 nitrogen and oxygen atoms in total. The van der Waals surface area contributed by atoms with Crippen LogP contribution in [0, 0.1) is 5.92 Å². The van der Waals surface area contributed by atoms with E-state index in [1.54, 1.807) is 30.3 Å². The van der Waals surface area contributed by atoms with Crippen molar-refractivity contribution < 1.29 is 43.8 Å². The molecule has 0 aliphatic heterocycles. The maximum absolute atomic E-state index is 13.9. The summed E-state index contributed by atoms with van der Waals surface area (Å²) in [4.78, 5) is 91.2. The second kappa shape index (κ2) is 25.3. The molecule has 0 aliphatic rings. The average molecular weight is 766 g/mol. The minimum absolute atomic E-state index is 0.00618. The normalized spacial score (nSPS) is 15.0. The summed E-state index contributed by atoms with van der Waals surface area (Å²) in [7, 11) is 0. The summed E-state index contributed by atoms with van der Waals surface area (Å²) in [6.45, 7) is 2.75. The van der Waals surface area contributed by atoms with E-state index in [1.165, 1.54) is 0 Å². The van der Waals surface area contributed by atoms with Crippen LogP contribution in [0.1, 0.15) is 51.5 Å². The van der Waals surface area contributed by atoms with Gasteiger partial charge >= 0.3 is 5.97 Å². The highest BCUT2D eigenvalue weighted by molar-refractivity contribution is 5.97. The number of carboxylic acids is 1. The van der Waals surface area contributed by atoms with Gasteiger partial charge in [-0.05, 0) is 69.8 Å². The van der Waals surface area contributed by atoms with Crippen molar-refractivity contribution in [3.63, 3.8) is 0 Å². The topological polar surface area (TPSA) is 362 Å². The summed E-state index contributed by atoms with van der Waals surface area (Å²) in [5, 5.41) is 33.5. The van der Waals surface area contributed by atoms with Gasteiger partial charge in [-0.15, -0.1) is 0 Å². The lowest BCUT2D eigenvalue weighted by molar-refractivity contribution is -0.143. The van der Waals surface area contributed by atoms with Crippen LogP contribution in [0.4, 0.5) is 0 Å². The first-order valence-corrected chi connectivity index (χ1v) is 17.9. The predicted molar refractivity (Wildman–Crippen MR) is 199 cm³/mol. The lowest BCUT2D eigenvalue weighted by atomic mass is 10.00. The third kappa shape index (κ3) is 16.9. The zero-order valence-electron chi connectivity index (χ0n) is 30.9. The van der Waals surface area contributed by atoms with Crippen LogP contribution < -0.4 is 60.6 Å². The number of aliphatic hydroxyl groups excluding tert-OH is 1. The highest BCUT2D eigenvalue weighted by atomic mass is 16.4. The molecule has 0 aromatic heterocycles. The molecule has 0 fully saturated rings. The van der Waals surface area contributed by atoms with Crippen molar-refractivity contribution in [3.8, 4) is 0 Å². The highest BCUT2D eigenvalue weighted by Crippen LogP contribution is 2.10. The zero-order chi connectivity index (χ0) is 40.8. The SMILES string of the molecule is CC(C)C[C@H](NC(=O)[C@@H](Cc1ccccc1)NC(=O)[C@H](CCN)NC(=O)[C@@H](N)CCN)C(=O)N[C@@H](CCN)C(=O)N[C@@H](CCN)C(=O)N[C@@H](CO)C(=O)O. The Balaban J connectivity index is 3.30. The first kappa shape index (κ1) is 47.3. The van der Waals surface area contributed by atoms with Crippen LogP contribution in [0.3, 0.4) is 0 Å². The number of benzene rings is 1. The van der Waals surface area contributed by atoms with E-state index in [0.717, 1.165) is 0 Å². The summed E-state index contributed by atoms with van der Waals surface area (Å²) in [5.41, 5.74) is 29.1. The van der Waals surface area contributed by atoms with E-state index in [9.17, 15) is 43.8 Å². The fraction of sp³-hybridized carbons (Fsp3) is 0.618. The fourth-order valence-corrected chi connectivity index (χ4v) is 5.20. The van der Waals surface area contributed by atoms with E-state index >= 15 is 0 Å². The number of amides is 6. The van der Waals surface area contributed by atoms with Crippen LogP contribution in [0.25, 0.3) is 0 Å². The second-order valence-electron chi connectivity index (χ2n) is 13.1. The summed E-state index contributed by atoms with van der Waals surface area (Å²) < 4.78 is 0. The molecule has 0 heterocycles. The predicted octanol–water partition coefficient (Wildman–Crippen LogP) is -5.02. The summed E-state index contributed by atoms with van der Waals surface area (Å²) in [6, 6.07) is -0.0101. The molecule has 0 spiro atoms. The Morgan fingerprint density at radius 3 is 1.33 bits per heavy atom. The molecule has 18 N–H and O–H groups in total. The molecule has 0 radical (unpaired) electrons. The van der Waals surface area contributed by atoms with Crippen LogP contribution in [-0.4, -0.2) is 127 Å². The molecule has 0 saturated heterocycles. The van der Waals surface area contributed by atoms with E-state index in [4.69, 9.17) is 28.7 Å². The Hall–Kier alpha value is -4.73. The molecule has 7 atom stereocenters. The standard InChI is InChI=1S/C34H59N11O9/c1-19(2)16-25(32(51)42-23(10-14-37)29(48)41-24(11-15-38)31(50)45-27(18-46)34(53)54)43-33(52)26(17-20-6-4-3-5-7-20)44-30(49)22(9-13-36)40-28(47)21(39)8-12-35/h3-7,19,21-27,46H,8-18,35-39H2,1-2H3,(H,40,47)(H,41,48)(H,42,51)(H,43,52)(H,44,49)(H,45,50)(H,53,54)/t21-,22-,23-,24-,25-,26+,27-/m0/s1. The third-order valence-electron chi connectivity index (χ3n) is 8.13. The Kier molecular flexibility index (Phi) is 22.2. The van der Waals surface area contributed by atoms with Gasteiger partial charge in [0.15, 0.2) is 0 Å². The van der Waals surface area contributed by atoms with E-state index in [1.807, 2.05) is 13.8 Å². The van der Waals surface area contributed by atoms with Crippen molar-refractivity contribution in [2.45, 2.75) is 94.7 Å². The van der Waals surface area contributed by atoms with Crippen molar-refractivity contribution in [1.29, 1.82) is 0 Å². The van der Waals surface area contributed by atoms with E-state index in [0.29, 0.717) is 5.56 Å². The van der Waals surface area contributed by atoms with Crippen LogP contribution in [-0.2, 0) is 40.0 Å². The zero-order valence-corrected chi connectivity index (χ0v) is 30.9. The number of hydrogen-bond donors (Lipinski definition) is 13. The van der Waals surface area contributed by atoms with Crippen molar-refractivity contribution in [1.82, 2.24) is 31.9 Å². The number of rotatable bonds is 26. The maximum atomic E-state index is 13.9. The minimum Gasteiger partial charge on any atom is -0.480 e. The quantitative estimate of drug-likeness (QED) is 0.0420. The van der Waals surface area contributed by atoms with Crippen molar-refractivity contribution >= 4 is 41.4 Å². The highest BCUT2D eigenvalue weighted by Gasteiger charge is 2.33. The van der Waals surface area contributed by atoms with E-state index < -0.39 is 90.3 Å². The first-order valence-electron chi connectivity index (χ1n) is 17.9. The molecule has 0 bridgehead atoms. The largest absolute Gasteiger partial charge is 0.480 e. The van der Waals surface area contributed by atoms with Gasteiger partial charge < -0.3 is 70.8 Å². The third-order valence-corrected chi connectivity index (χ3v) is 8.13. The average Bonchev–Trinajstić information content (AvgIpc) is 3.12. The van der Waals surface area contributed by atoms with Crippen molar-refractivity contribution in [2.24, 2.45) is 34.6 Å². The van der Waals surface area contributed by atoms with Crippen LogP contribution in [0.2, 0.25) is 0 Å². The first-order chi connectivity index (χ1) is 25.6. The number of hydrogen-bond acceptors (Lipinski definition) is 13. The fourth-order valence-electron chi connectivity index (χ4n) is 5.20. The van der Waals surface area contributed by atoms with E-state index in [-0.39, 0.29) is 70.6 Å². The Labute approximate surface area is 314 Å². The van der Waals surface area contributed by atoms with Crippen molar-refractivity contribution in [3.05, 3.63) is 35.9 Å². The van der Waals surface area contributed by atoms with Crippen LogP contribution >= 0.6 is 0 Å². The number of carboxylic acid groups (broad SMARTS) is 1. The Bertz CT molecular complexity index is 1370. The molecule has 54 heavy (non-hydrogen) atoms. The monoisotopic (exact) mass is 765 g/mol. The molecule has 1 aromatic carbocycles. The van der Waals surface area contributed by atoms with Gasteiger partial charge in [0.1, 0.15) is 36.3 Å². The van der Waals surface area contributed by atoms with Crippen LogP contribution in [0.15, 0.2) is 30.3 Å². The molecular weight excluding hydrogens is 706 g/mol. The van der Waals surface area contributed by atoms with Gasteiger partial charge in [0, 0.05) is 6.42 Å². The maximum Gasteiger partial charge on any atom is 0.328 e. The molecule has 0 saturated carbocycles. The molecule has 0 unspecified atom stereocenters. The Morgan fingerprint density at radius 2 is 0.926 bits per heavy atom. The minimum atomic E-state index is -1.63. The van der Waals surface area contributed by atoms with Gasteiger partial charge in [0.2, 0.25) is 35.4 Å². The number of aliphatic carboxylic acids is 1. The van der Waals surface area contributed by atoms with Crippen molar-refractivity contribution in [2.75, 3.05) is 32.8 Å². The van der Waals surface area contributed by atoms with Gasteiger partial charge in [0.25, 0.3) is 0 Å². The lowest BCUT2D eigenvalue weighted by Crippen LogP contribution is -2.60. The Morgan fingerprint density at radius 1 is 0.556 bits per heavy atom. The van der Waals surface area contributed by atoms with Gasteiger partial charge in [0.05, 0.1) is 12.6 Å². The summed E-state index contributed by atoms with van der Waals surface area (Å²) in [5.74, 6) is -6.21. The van der Waals surface area contributed by atoms with Gasteiger partial charge in [-0.3, -0.25) is 28.8 Å². The number of carbonyl (C=O) groups is 7. The van der Waals surface area contributed by atoms with E-state index in [2.05, 4.69) is 31.9 Å². The van der Waals surface area contributed by atoms with Gasteiger partial charge in [-0.25, -0.2) is 4.79 Å². The summed E-state index contributed by atoms with van der Waals surface area (Å²) in [6.07, 6.45) is 0.144. The summed E-state index contributed by atoms with van der Waals surface area (Å²) >= 11 is 0. The van der Waals surface area contributed by atoms with Crippen LogP contribution in [0.5, 0.6) is 0 Å². The molecule has 304 valence electrons. The molecule has 1 aromatic rings. The number of carbonyl (C=O) groups excluding carboxylic acids is 6.